The van der Waals surface area contributed by atoms with E-state index in [0.29, 0.717) is 28.7 Å². The van der Waals surface area contributed by atoms with Gasteiger partial charge in [0.2, 0.25) is 5.95 Å². The summed E-state index contributed by atoms with van der Waals surface area (Å²) in [4.78, 5) is 8.58. The normalized spacial score (nSPS) is 22.7. The molecule has 0 radical (unpaired) electrons. The van der Waals surface area contributed by atoms with Crippen molar-refractivity contribution in [3.63, 3.8) is 0 Å². The van der Waals surface area contributed by atoms with Crippen LogP contribution in [0, 0.1) is 17.3 Å². The van der Waals surface area contributed by atoms with Crippen LogP contribution < -0.4 is 10.6 Å². The van der Waals surface area contributed by atoms with Crippen molar-refractivity contribution in [2.24, 2.45) is 11.3 Å². The summed E-state index contributed by atoms with van der Waals surface area (Å²) in [5.74, 6) is 0.142. The molecule has 0 amide bonds. The predicted octanol–water partition coefficient (Wildman–Crippen LogP) is 5.87. The fourth-order valence-corrected chi connectivity index (χ4v) is 4.97. The molecule has 0 bridgehead atoms. The zero-order valence-electron chi connectivity index (χ0n) is 20.0. The highest BCUT2D eigenvalue weighted by molar-refractivity contribution is 6.33. The second-order valence-corrected chi connectivity index (χ2v) is 10.7. The van der Waals surface area contributed by atoms with Crippen LogP contribution in [0.2, 0.25) is 5.02 Å². The maximum Gasteiger partial charge on any atom is 0.236 e. The first-order valence-corrected chi connectivity index (χ1v) is 12.5. The highest BCUT2D eigenvalue weighted by Crippen LogP contribution is 2.45. The van der Waals surface area contributed by atoms with Crippen molar-refractivity contribution >= 4 is 17.3 Å². The third kappa shape index (κ3) is 6.65. The molecule has 5 nitrogen and oxygen atoms in total. The topological polar surface area (TPSA) is 59.1 Å². The fraction of sp³-hybridized carbons (Fsp3) is 0.615. The van der Waals surface area contributed by atoms with Crippen molar-refractivity contribution in [1.82, 2.24) is 15.3 Å². The van der Waals surface area contributed by atoms with Gasteiger partial charge in [-0.1, -0.05) is 18.5 Å². The lowest BCUT2D eigenvalue weighted by molar-refractivity contribution is 0.158. The lowest BCUT2D eigenvalue weighted by Gasteiger charge is -2.31. The van der Waals surface area contributed by atoms with Crippen LogP contribution in [0.3, 0.4) is 0 Å². The predicted molar refractivity (Wildman–Crippen MR) is 132 cm³/mol. The molecule has 2 aliphatic carbocycles. The van der Waals surface area contributed by atoms with Crippen LogP contribution in [0.1, 0.15) is 58.1 Å². The maximum absolute atomic E-state index is 14.3. The smallest absolute Gasteiger partial charge is 0.236 e. The van der Waals surface area contributed by atoms with Gasteiger partial charge in [-0.3, -0.25) is 4.98 Å². The van der Waals surface area contributed by atoms with E-state index in [4.69, 9.17) is 16.3 Å². The average Bonchev–Trinajstić information content (AvgIpc) is 3.53. The minimum Gasteiger partial charge on any atom is -0.383 e. The number of hydrogen-bond acceptors (Lipinski definition) is 5. The van der Waals surface area contributed by atoms with Crippen molar-refractivity contribution in [2.45, 2.75) is 70.9 Å². The van der Waals surface area contributed by atoms with Crippen LogP contribution in [0.25, 0.3) is 11.1 Å². The standard InChI is InChI=1S/C26H36ClFN4O/c1-17(15-33-3)32-20-6-4-18(5-7-20)10-21-12-22(23(27)14-29-21)19-11-24(25(28)30-13-19)31-16-26(2)8-9-26/h11-14,17-18,20,31-32H,4-10,15-16H2,1-3H3/t17-,18?,20?/m0/s1. The number of nitrogens with zero attached hydrogens (tertiary/aromatic N) is 2. The van der Waals surface area contributed by atoms with Gasteiger partial charge in [-0.2, -0.15) is 4.39 Å². The quantitative estimate of drug-likeness (QED) is 0.421. The number of rotatable bonds is 10. The molecule has 33 heavy (non-hydrogen) atoms. The highest BCUT2D eigenvalue weighted by Gasteiger charge is 2.37. The number of pyridine rings is 2. The number of aromatic nitrogens is 2. The molecule has 2 aromatic heterocycles. The Morgan fingerprint density at radius 2 is 1.94 bits per heavy atom. The highest BCUT2D eigenvalue weighted by atomic mass is 35.5. The van der Waals surface area contributed by atoms with Gasteiger partial charge in [0.25, 0.3) is 0 Å². The molecule has 4 rings (SSSR count). The van der Waals surface area contributed by atoms with Gasteiger partial charge >= 0.3 is 0 Å². The van der Waals surface area contributed by atoms with Crippen molar-refractivity contribution in [3.05, 3.63) is 41.2 Å². The Kier molecular flexibility index (Phi) is 7.87. The zero-order valence-corrected chi connectivity index (χ0v) is 20.7. The van der Waals surface area contributed by atoms with Crippen LogP contribution in [0.4, 0.5) is 10.1 Å². The molecule has 0 spiro atoms. The lowest BCUT2D eigenvalue weighted by Crippen LogP contribution is -2.41. The summed E-state index contributed by atoms with van der Waals surface area (Å²) in [7, 11) is 1.75. The number of anilines is 1. The van der Waals surface area contributed by atoms with E-state index in [0.717, 1.165) is 36.4 Å². The van der Waals surface area contributed by atoms with E-state index >= 15 is 0 Å². The summed E-state index contributed by atoms with van der Waals surface area (Å²) in [5, 5.41) is 7.48. The summed E-state index contributed by atoms with van der Waals surface area (Å²) in [6.07, 6.45) is 11.3. The van der Waals surface area contributed by atoms with Gasteiger partial charge in [0, 0.05) is 55.0 Å². The molecule has 2 aromatic rings. The molecule has 2 aliphatic rings. The molecule has 0 unspecified atom stereocenters. The Balaban J connectivity index is 1.39. The Morgan fingerprint density at radius 3 is 2.64 bits per heavy atom. The number of nitrogens with one attached hydrogen (secondary N) is 2. The summed E-state index contributed by atoms with van der Waals surface area (Å²) >= 11 is 6.50. The van der Waals surface area contributed by atoms with E-state index < -0.39 is 5.95 Å². The van der Waals surface area contributed by atoms with E-state index in [9.17, 15) is 4.39 Å². The Morgan fingerprint density at radius 1 is 1.18 bits per heavy atom. The second kappa shape index (κ2) is 10.7. The number of halogens is 2. The molecule has 0 aliphatic heterocycles. The van der Waals surface area contributed by atoms with Gasteiger partial charge in [-0.25, -0.2) is 4.98 Å². The minimum absolute atomic E-state index is 0.278. The Hall–Kier alpha value is -1.76. The number of ether oxygens (including phenoxy) is 1. The third-order valence-electron chi connectivity index (χ3n) is 7.15. The average molecular weight is 475 g/mol. The fourth-order valence-electron chi connectivity index (χ4n) is 4.76. The summed E-state index contributed by atoms with van der Waals surface area (Å²) in [6, 6.07) is 4.81. The monoisotopic (exact) mass is 474 g/mol. The van der Waals surface area contributed by atoms with E-state index in [1.165, 1.54) is 38.5 Å². The lowest BCUT2D eigenvalue weighted by atomic mass is 9.83. The molecule has 2 N–H and O–H groups in total. The zero-order chi connectivity index (χ0) is 23.4. The first-order chi connectivity index (χ1) is 15.8. The van der Waals surface area contributed by atoms with Crippen LogP contribution >= 0.6 is 11.6 Å². The molecule has 7 heteroatoms. The van der Waals surface area contributed by atoms with Gasteiger partial charge in [-0.05, 0) is 75.3 Å². The van der Waals surface area contributed by atoms with Crippen LogP contribution in [0.5, 0.6) is 0 Å². The van der Waals surface area contributed by atoms with Gasteiger partial charge < -0.3 is 15.4 Å². The molecular weight excluding hydrogens is 439 g/mol. The van der Waals surface area contributed by atoms with E-state index in [2.05, 4.69) is 34.4 Å². The molecular formula is C26H36ClFN4O. The van der Waals surface area contributed by atoms with Gasteiger partial charge in [0.05, 0.1) is 17.3 Å². The summed E-state index contributed by atoms with van der Waals surface area (Å²) in [5.41, 5.74) is 3.42. The van der Waals surface area contributed by atoms with Gasteiger partial charge in [0.1, 0.15) is 0 Å². The summed E-state index contributed by atoms with van der Waals surface area (Å²) < 4.78 is 19.5. The van der Waals surface area contributed by atoms with Crippen molar-refractivity contribution < 1.29 is 9.13 Å². The molecule has 0 aromatic carbocycles. The van der Waals surface area contributed by atoms with Crippen LogP contribution in [0.15, 0.2) is 24.5 Å². The Labute approximate surface area is 201 Å². The summed E-state index contributed by atoms with van der Waals surface area (Å²) in [6.45, 7) is 5.88. The van der Waals surface area contributed by atoms with Crippen LogP contribution in [-0.2, 0) is 11.2 Å². The SMILES string of the molecule is COC[C@H](C)NC1CCC(Cc2cc(-c3cnc(F)c(NCC4(C)CC4)c3)c(Cl)cn2)CC1. The van der Waals surface area contributed by atoms with Gasteiger partial charge in [0.15, 0.2) is 0 Å². The van der Waals surface area contributed by atoms with E-state index in [-0.39, 0.29) is 5.41 Å². The van der Waals surface area contributed by atoms with Crippen molar-refractivity contribution in [3.8, 4) is 11.1 Å². The van der Waals surface area contributed by atoms with Crippen molar-refractivity contribution in [1.29, 1.82) is 0 Å². The molecule has 1 atom stereocenters. The Bertz CT molecular complexity index is 944. The van der Waals surface area contributed by atoms with E-state index in [1.54, 1.807) is 19.5 Å². The molecule has 0 saturated heterocycles. The molecule has 2 saturated carbocycles. The van der Waals surface area contributed by atoms with E-state index in [1.807, 2.05) is 12.1 Å². The largest absolute Gasteiger partial charge is 0.383 e. The van der Waals surface area contributed by atoms with Crippen LogP contribution in [-0.4, -0.2) is 42.3 Å². The van der Waals surface area contributed by atoms with Gasteiger partial charge in [-0.15, -0.1) is 0 Å². The number of hydrogen-bond donors (Lipinski definition) is 2. The minimum atomic E-state index is -0.474. The molecule has 2 fully saturated rings. The third-order valence-corrected chi connectivity index (χ3v) is 7.45. The first-order valence-electron chi connectivity index (χ1n) is 12.1. The molecule has 2 heterocycles. The molecule has 180 valence electrons. The first kappa shape index (κ1) is 24.4. The maximum atomic E-state index is 14.3. The number of methoxy groups -OCH3 is 1. The second-order valence-electron chi connectivity index (χ2n) is 10.3. The van der Waals surface area contributed by atoms with Crippen molar-refractivity contribution in [2.75, 3.05) is 25.6 Å².